The summed E-state index contributed by atoms with van der Waals surface area (Å²) in [7, 11) is 0. The third kappa shape index (κ3) is 2.41. The summed E-state index contributed by atoms with van der Waals surface area (Å²) in [5, 5.41) is 3.54. The summed E-state index contributed by atoms with van der Waals surface area (Å²) in [6.07, 6.45) is 2.18. The van der Waals surface area contributed by atoms with Crippen LogP contribution in [-0.2, 0) is 9.53 Å². The van der Waals surface area contributed by atoms with Crippen LogP contribution in [0.25, 0.3) is 0 Å². The summed E-state index contributed by atoms with van der Waals surface area (Å²) in [5.41, 5.74) is 0. The minimum atomic E-state index is -0.0111. The smallest absolute Gasteiger partial charge is 0.241 e. The second kappa shape index (κ2) is 5.57. The summed E-state index contributed by atoms with van der Waals surface area (Å²) < 4.78 is 5.45. The molecule has 4 atom stereocenters. The quantitative estimate of drug-likeness (QED) is 0.828. The van der Waals surface area contributed by atoms with Crippen molar-refractivity contribution in [3.63, 3.8) is 0 Å². The standard InChI is InChI=1S/C14H26N2O2/c1-5-10(4)12-14(17)16(11-6-7-18-8-11)13(15-12)9(2)3/h9-13,15H,5-8H2,1-4H3. The molecule has 2 aliphatic heterocycles. The highest BCUT2D eigenvalue weighted by atomic mass is 16.5. The largest absolute Gasteiger partial charge is 0.379 e. The zero-order valence-electron chi connectivity index (χ0n) is 12.0. The average molecular weight is 254 g/mol. The van der Waals surface area contributed by atoms with Gasteiger partial charge in [0, 0.05) is 6.61 Å². The maximum atomic E-state index is 12.6. The lowest BCUT2D eigenvalue weighted by Crippen LogP contribution is -2.47. The molecule has 2 fully saturated rings. The van der Waals surface area contributed by atoms with Gasteiger partial charge in [0.05, 0.1) is 24.9 Å². The van der Waals surface area contributed by atoms with Crippen molar-refractivity contribution in [1.82, 2.24) is 10.2 Å². The SMILES string of the molecule is CCC(C)C1NC(C(C)C)N(C2CCOC2)C1=O. The van der Waals surface area contributed by atoms with E-state index in [0.717, 1.165) is 19.4 Å². The molecule has 4 heteroatoms. The number of ether oxygens (including phenoxy) is 1. The van der Waals surface area contributed by atoms with E-state index in [9.17, 15) is 4.79 Å². The van der Waals surface area contributed by atoms with Gasteiger partial charge in [-0.2, -0.15) is 0 Å². The van der Waals surface area contributed by atoms with Gasteiger partial charge in [-0.3, -0.25) is 10.1 Å². The topological polar surface area (TPSA) is 41.6 Å². The monoisotopic (exact) mass is 254 g/mol. The van der Waals surface area contributed by atoms with E-state index in [1.54, 1.807) is 0 Å². The van der Waals surface area contributed by atoms with Crippen molar-refractivity contribution in [3.8, 4) is 0 Å². The van der Waals surface area contributed by atoms with Crippen LogP contribution < -0.4 is 5.32 Å². The molecule has 2 saturated heterocycles. The molecule has 0 bridgehead atoms. The zero-order chi connectivity index (χ0) is 13.3. The molecule has 0 spiro atoms. The lowest BCUT2D eigenvalue weighted by atomic mass is 9.99. The van der Waals surface area contributed by atoms with Gasteiger partial charge in [0.2, 0.25) is 5.91 Å². The van der Waals surface area contributed by atoms with Crippen LogP contribution in [0, 0.1) is 11.8 Å². The second-order valence-electron chi connectivity index (χ2n) is 5.98. The first-order chi connectivity index (χ1) is 8.56. The van der Waals surface area contributed by atoms with Gasteiger partial charge in [-0.05, 0) is 18.3 Å². The van der Waals surface area contributed by atoms with Gasteiger partial charge < -0.3 is 9.64 Å². The number of hydrogen-bond acceptors (Lipinski definition) is 3. The number of nitrogens with zero attached hydrogens (tertiary/aromatic N) is 1. The second-order valence-corrected chi connectivity index (χ2v) is 5.98. The highest BCUT2D eigenvalue weighted by Crippen LogP contribution is 2.27. The van der Waals surface area contributed by atoms with Crippen molar-refractivity contribution in [3.05, 3.63) is 0 Å². The molecule has 1 N–H and O–H groups in total. The lowest BCUT2D eigenvalue weighted by molar-refractivity contribution is -0.133. The Hall–Kier alpha value is -0.610. The Morgan fingerprint density at radius 1 is 1.44 bits per heavy atom. The number of nitrogens with one attached hydrogen (secondary N) is 1. The Kier molecular flexibility index (Phi) is 4.28. The molecule has 104 valence electrons. The minimum Gasteiger partial charge on any atom is -0.379 e. The fourth-order valence-corrected chi connectivity index (χ4v) is 2.94. The summed E-state index contributed by atoms with van der Waals surface area (Å²) in [4.78, 5) is 14.7. The highest BCUT2D eigenvalue weighted by molar-refractivity contribution is 5.85. The number of hydrogen-bond donors (Lipinski definition) is 1. The average Bonchev–Trinajstić information content (AvgIpc) is 2.94. The van der Waals surface area contributed by atoms with Crippen molar-refractivity contribution in [2.75, 3.05) is 13.2 Å². The molecule has 4 unspecified atom stereocenters. The van der Waals surface area contributed by atoms with Crippen LogP contribution in [0.4, 0.5) is 0 Å². The molecule has 0 aliphatic carbocycles. The van der Waals surface area contributed by atoms with Crippen molar-refractivity contribution in [1.29, 1.82) is 0 Å². The Morgan fingerprint density at radius 3 is 2.67 bits per heavy atom. The van der Waals surface area contributed by atoms with Crippen LogP contribution >= 0.6 is 0 Å². The predicted molar refractivity (Wildman–Crippen MR) is 71.1 cm³/mol. The first-order valence-electron chi connectivity index (χ1n) is 7.22. The fraction of sp³-hybridized carbons (Fsp3) is 0.929. The van der Waals surface area contributed by atoms with E-state index in [-0.39, 0.29) is 24.2 Å². The van der Waals surface area contributed by atoms with Crippen molar-refractivity contribution in [2.45, 2.75) is 58.8 Å². The maximum Gasteiger partial charge on any atom is 0.241 e. The first-order valence-corrected chi connectivity index (χ1v) is 7.22. The van der Waals surface area contributed by atoms with Crippen molar-refractivity contribution in [2.24, 2.45) is 11.8 Å². The maximum absolute atomic E-state index is 12.6. The Morgan fingerprint density at radius 2 is 2.17 bits per heavy atom. The molecule has 0 radical (unpaired) electrons. The molecular formula is C14H26N2O2. The van der Waals surface area contributed by atoms with Gasteiger partial charge in [0.25, 0.3) is 0 Å². The van der Waals surface area contributed by atoms with E-state index in [1.165, 1.54) is 0 Å². The van der Waals surface area contributed by atoms with Gasteiger partial charge in [-0.25, -0.2) is 0 Å². The summed E-state index contributed by atoms with van der Waals surface area (Å²) in [6, 6.07) is 0.259. The van der Waals surface area contributed by atoms with E-state index in [1.807, 2.05) is 0 Å². The molecule has 1 amide bonds. The first kappa shape index (κ1) is 13.8. The van der Waals surface area contributed by atoms with Crippen LogP contribution in [0.2, 0.25) is 0 Å². The van der Waals surface area contributed by atoms with Crippen LogP contribution in [0.1, 0.15) is 40.5 Å². The summed E-state index contributed by atoms with van der Waals surface area (Å²) in [6.45, 7) is 10.1. The molecule has 0 aromatic carbocycles. The van der Waals surface area contributed by atoms with E-state index in [4.69, 9.17) is 4.74 Å². The van der Waals surface area contributed by atoms with Crippen molar-refractivity contribution >= 4 is 5.91 Å². The number of carbonyl (C=O) groups excluding carboxylic acids is 1. The number of carbonyl (C=O) groups is 1. The molecule has 0 aromatic rings. The van der Waals surface area contributed by atoms with Gasteiger partial charge in [0.1, 0.15) is 0 Å². The summed E-state index contributed by atoms with van der Waals surface area (Å²) >= 11 is 0. The van der Waals surface area contributed by atoms with Gasteiger partial charge in [-0.15, -0.1) is 0 Å². The third-order valence-electron chi connectivity index (χ3n) is 4.31. The van der Waals surface area contributed by atoms with Crippen molar-refractivity contribution < 1.29 is 9.53 Å². The fourth-order valence-electron chi connectivity index (χ4n) is 2.94. The third-order valence-corrected chi connectivity index (χ3v) is 4.31. The molecule has 4 nitrogen and oxygen atoms in total. The molecule has 2 heterocycles. The Labute approximate surface area is 110 Å². The van der Waals surface area contributed by atoms with E-state index in [2.05, 4.69) is 37.9 Å². The Balaban J connectivity index is 2.16. The van der Waals surface area contributed by atoms with E-state index < -0.39 is 0 Å². The van der Waals surface area contributed by atoms with Gasteiger partial charge >= 0.3 is 0 Å². The molecule has 18 heavy (non-hydrogen) atoms. The van der Waals surface area contributed by atoms with E-state index >= 15 is 0 Å². The molecule has 0 saturated carbocycles. The van der Waals surface area contributed by atoms with Crippen LogP contribution in [0.5, 0.6) is 0 Å². The Bertz CT molecular complexity index is 300. The lowest BCUT2D eigenvalue weighted by Gasteiger charge is -2.31. The zero-order valence-corrected chi connectivity index (χ0v) is 12.0. The molecule has 0 aromatic heterocycles. The summed E-state index contributed by atoms with van der Waals surface area (Å²) in [5.74, 6) is 1.10. The molecule has 2 aliphatic rings. The predicted octanol–water partition coefficient (Wildman–Crippen LogP) is 1.60. The van der Waals surface area contributed by atoms with Crippen LogP contribution in [0.15, 0.2) is 0 Å². The molecule has 2 rings (SSSR count). The highest BCUT2D eigenvalue weighted by Gasteiger charge is 2.45. The van der Waals surface area contributed by atoms with Gasteiger partial charge in [0.15, 0.2) is 0 Å². The number of rotatable bonds is 4. The minimum absolute atomic E-state index is 0.0111. The molecular weight excluding hydrogens is 228 g/mol. The van der Waals surface area contributed by atoms with E-state index in [0.29, 0.717) is 18.4 Å². The van der Waals surface area contributed by atoms with Gasteiger partial charge in [-0.1, -0.05) is 34.1 Å². The number of amides is 1. The normalized spacial score (nSPS) is 34.6. The van der Waals surface area contributed by atoms with Crippen LogP contribution in [0.3, 0.4) is 0 Å². The van der Waals surface area contributed by atoms with Crippen LogP contribution in [-0.4, -0.2) is 42.3 Å².